The maximum atomic E-state index is 16.0. The monoisotopic (exact) mass is 526 g/mol. The summed E-state index contributed by atoms with van der Waals surface area (Å²) in [6, 6.07) is 9.23. The average Bonchev–Trinajstić information content (AvgIpc) is 2.84. The van der Waals surface area contributed by atoms with Crippen molar-refractivity contribution in [2.75, 3.05) is 29.9 Å². The molecule has 1 atom stereocenters. The van der Waals surface area contributed by atoms with E-state index in [0.29, 0.717) is 5.69 Å². The topological polar surface area (TPSA) is 83.9 Å². The zero-order valence-electron chi connectivity index (χ0n) is 22.2. The predicted molar refractivity (Wildman–Crippen MR) is 143 cm³/mol. The van der Waals surface area contributed by atoms with Crippen molar-refractivity contribution in [2.24, 2.45) is 0 Å². The number of ether oxygens (including phenoxy) is 1. The molecule has 1 aromatic heterocycles. The second kappa shape index (κ2) is 10.4. The second-order valence-electron chi connectivity index (χ2n) is 10.4. The molecular formula is C28H32F2N4O4. The van der Waals surface area contributed by atoms with Gasteiger partial charge in [0.1, 0.15) is 22.7 Å². The third-order valence-electron chi connectivity index (χ3n) is 6.42. The highest BCUT2D eigenvalue weighted by Gasteiger charge is 2.34. The number of anilines is 2. The number of hydrogen-bond donors (Lipinski definition) is 1. The van der Waals surface area contributed by atoms with Crippen molar-refractivity contribution in [3.05, 3.63) is 70.0 Å². The van der Waals surface area contributed by atoms with E-state index in [1.807, 2.05) is 0 Å². The van der Waals surface area contributed by atoms with Gasteiger partial charge in [0.05, 0.1) is 10.9 Å². The lowest BCUT2D eigenvalue weighted by Gasteiger charge is -2.41. The molecular weight excluding hydrogens is 494 g/mol. The molecule has 1 fully saturated rings. The molecule has 1 aliphatic heterocycles. The van der Waals surface area contributed by atoms with E-state index in [-0.39, 0.29) is 54.4 Å². The van der Waals surface area contributed by atoms with Gasteiger partial charge in [-0.25, -0.2) is 13.6 Å². The molecule has 3 aromatic rings. The first-order valence-corrected chi connectivity index (χ1v) is 12.6. The highest BCUT2D eigenvalue weighted by molar-refractivity contribution is 6.06. The summed E-state index contributed by atoms with van der Waals surface area (Å²) in [6.07, 6.45) is 0.821. The summed E-state index contributed by atoms with van der Waals surface area (Å²) in [5.41, 5.74) is -1.48. The molecule has 2 heterocycles. The number of aryl methyl sites for hydroxylation is 1. The van der Waals surface area contributed by atoms with Crippen molar-refractivity contribution >= 4 is 34.3 Å². The number of nitrogens with one attached hydrogen (secondary N) is 1. The standard InChI is InChI=1S/C28H32F2N4O4/c1-6-32-16-20(26(36)31-18-10-8-7-9-11-18)25(35)19-14-21(29)24(22(30)23(19)32)33-12-13-34(17(2)15-33)27(37)38-28(3,4)5/h7-11,14,16-17H,6,12-13,15H2,1-5H3,(H,31,36). The van der Waals surface area contributed by atoms with Gasteiger partial charge in [-0.3, -0.25) is 9.59 Å². The van der Waals surface area contributed by atoms with Crippen LogP contribution < -0.4 is 15.6 Å². The molecule has 1 aliphatic rings. The highest BCUT2D eigenvalue weighted by Crippen LogP contribution is 2.32. The van der Waals surface area contributed by atoms with Crippen molar-refractivity contribution in [1.29, 1.82) is 0 Å². The minimum absolute atomic E-state index is 0.0765. The Balaban J connectivity index is 1.69. The van der Waals surface area contributed by atoms with E-state index in [2.05, 4.69) is 5.32 Å². The molecule has 202 valence electrons. The molecule has 38 heavy (non-hydrogen) atoms. The molecule has 10 heteroatoms. The van der Waals surface area contributed by atoms with Gasteiger partial charge < -0.3 is 24.4 Å². The van der Waals surface area contributed by atoms with Crippen LogP contribution in [0, 0.1) is 11.6 Å². The van der Waals surface area contributed by atoms with Gasteiger partial charge in [-0.15, -0.1) is 0 Å². The van der Waals surface area contributed by atoms with E-state index in [0.717, 1.165) is 6.07 Å². The fraction of sp³-hybridized carbons (Fsp3) is 0.393. The van der Waals surface area contributed by atoms with Gasteiger partial charge in [0.15, 0.2) is 5.82 Å². The Labute approximate surface area is 219 Å². The van der Waals surface area contributed by atoms with Crippen LogP contribution in [0.1, 0.15) is 45.0 Å². The largest absolute Gasteiger partial charge is 0.444 e. The fourth-order valence-electron chi connectivity index (χ4n) is 4.65. The molecule has 1 N–H and O–H groups in total. The number of pyridine rings is 1. The van der Waals surface area contributed by atoms with Crippen molar-refractivity contribution in [3.63, 3.8) is 0 Å². The van der Waals surface area contributed by atoms with Crippen molar-refractivity contribution in [1.82, 2.24) is 9.47 Å². The SMILES string of the molecule is CCn1cc(C(=O)Nc2ccccc2)c(=O)c2cc(F)c(N3CCN(C(=O)OC(C)(C)C)C(C)C3)c(F)c21. The van der Waals surface area contributed by atoms with Crippen LogP contribution in [0.4, 0.5) is 25.0 Å². The van der Waals surface area contributed by atoms with E-state index < -0.39 is 34.7 Å². The molecule has 0 radical (unpaired) electrons. The highest BCUT2D eigenvalue weighted by atomic mass is 19.1. The van der Waals surface area contributed by atoms with E-state index in [1.165, 1.54) is 20.6 Å². The minimum Gasteiger partial charge on any atom is -0.444 e. The lowest BCUT2D eigenvalue weighted by atomic mass is 10.1. The smallest absolute Gasteiger partial charge is 0.410 e. The van der Waals surface area contributed by atoms with Gasteiger partial charge in [0, 0.05) is 44.1 Å². The first-order valence-electron chi connectivity index (χ1n) is 12.6. The number of piperazine rings is 1. The number of hydrogen-bond acceptors (Lipinski definition) is 5. The fourth-order valence-corrected chi connectivity index (χ4v) is 4.65. The van der Waals surface area contributed by atoms with Gasteiger partial charge in [-0.05, 0) is 52.8 Å². The van der Waals surface area contributed by atoms with E-state index in [4.69, 9.17) is 4.74 Å². The van der Waals surface area contributed by atoms with Gasteiger partial charge in [0.25, 0.3) is 5.91 Å². The number of aromatic nitrogens is 1. The minimum atomic E-state index is -0.909. The van der Waals surface area contributed by atoms with E-state index >= 15 is 8.78 Å². The maximum Gasteiger partial charge on any atom is 0.410 e. The number of carbonyl (C=O) groups excluding carboxylic acids is 2. The summed E-state index contributed by atoms with van der Waals surface area (Å²) in [7, 11) is 0. The van der Waals surface area contributed by atoms with Gasteiger partial charge in [-0.2, -0.15) is 0 Å². The second-order valence-corrected chi connectivity index (χ2v) is 10.4. The quantitative estimate of drug-likeness (QED) is 0.518. The normalized spacial score (nSPS) is 16.0. The van der Waals surface area contributed by atoms with Crippen LogP contribution in [0.25, 0.3) is 10.9 Å². The summed E-state index contributed by atoms with van der Waals surface area (Å²) >= 11 is 0. The van der Waals surface area contributed by atoms with Crippen LogP contribution in [-0.2, 0) is 11.3 Å². The number of halogens is 2. The third-order valence-corrected chi connectivity index (χ3v) is 6.42. The molecule has 1 saturated heterocycles. The van der Waals surface area contributed by atoms with Crippen molar-refractivity contribution in [2.45, 2.75) is 52.8 Å². The maximum absolute atomic E-state index is 16.0. The molecule has 2 amide bonds. The number of para-hydroxylation sites is 1. The number of rotatable bonds is 4. The van der Waals surface area contributed by atoms with Gasteiger partial charge in [0.2, 0.25) is 5.43 Å². The summed E-state index contributed by atoms with van der Waals surface area (Å²) < 4.78 is 38.3. The summed E-state index contributed by atoms with van der Waals surface area (Å²) in [5, 5.41) is 2.43. The summed E-state index contributed by atoms with van der Waals surface area (Å²) in [5.74, 6) is -2.46. The Bertz CT molecular complexity index is 1430. The Morgan fingerprint density at radius 3 is 2.42 bits per heavy atom. The molecule has 0 bridgehead atoms. The van der Waals surface area contributed by atoms with E-state index in [1.54, 1.807) is 65.0 Å². The predicted octanol–water partition coefficient (Wildman–Crippen LogP) is 5.00. The Kier molecular flexibility index (Phi) is 7.44. The van der Waals surface area contributed by atoms with Crippen LogP contribution in [0.3, 0.4) is 0 Å². The third kappa shape index (κ3) is 5.34. The zero-order valence-corrected chi connectivity index (χ0v) is 22.2. The number of nitrogens with zero attached hydrogens (tertiary/aromatic N) is 3. The number of benzene rings is 2. The van der Waals surface area contributed by atoms with Gasteiger partial charge in [-0.1, -0.05) is 18.2 Å². The molecule has 1 unspecified atom stereocenters. The molecule has 8 nitrogen and oxygen atoms in total. The van der Waals surface area contributed by atoms with Crippen LogP contribution in [0.15, 0.2) is 47.4 Å². The number of carbonyl (C=O) groups is 2. The van der Waals surface area contributed by atoms with Crippen molar-refractivity contribution in [3.8, 4) is 0 Å². The lowest BCUT2D eigenvalue weighted by molar-refractivity contribution is 0.0158. The Hall–Kier alpha value is -3.95. The summed E-state index contributed by atoms with van der Waals surface area (Å²) in [4.78, 5) is 41.7. The first-order chi connectivity index (χ1) is 17.9. The Morgan fingerprint density at radius 1 is 1.13 bits per heavy atom. The Morgan fingerprint density at radius 2 is 1.82 bits per heavy atom. The van der Waals surface area contributed by atoms with Crippen LogP contribution >= 0.6 is 0 Å². The van der Waals surface area contributed by atoms with Gasteiger partial charge >= 0.3 is 6.09 Å². The van der Waals surface area contributed by atoms with Crippen LogP contribution in [0.2, 0.25) is 0 Å². The van der Waals surface area contributed by atoms with Crippen molar-refractivity contribution < 1.29 is 23.1 Å². The molecule has 0 spiro atoms. The average molecular weight is 527 g/mol. The molecule has 4 rings (SSSR count). The molecule has 0 saturated carbocycles. The lowest BCUT2D eigenvalue weighted by Crippen LogP contribution is -2.55. The van der Waals surface area contributed by atoms with Crippen LogP contribution in [-0.4, -0.2) is 52.7 Å². The van der Waals surface area contributed by atoms with Crippen LogP contribution in [0.5, 0.6) is 0 Å². The first kappa shape index (κ1) is 27.1. The number of amides is 2. The number of fused-ring (bicyclic) bond motifs is 1. The molecule has 0 aliphatic carbocycles. The summed E-state index contributed by atoms with van der Waals surface area (Å²) in [6.45, 7) is 9.66. The zero-order chi connectivity index (χ0) is 27.8. The molecule has 2 aromatic carbocycles. The van der Waals surface area contributed by atoms with E-state index in [9.17, 15) is 14.4 Å².